The smallest absolute Gasteiger partial charge is 0.122 e. The van der Waals surface area contributed by atoms with E-state index in [1.807, 2.05) is 42.5 Å². The molecule has 2 aromatic carbocycles. The molecule has 2 rings (SSSR count). The van der Waals surface area contributed by atoms with Crippen LogP contribution in [0.4, 0.5) is 5.69 Å². The predicted octanol–water partition coefficient (Wildman–Crippen LogP) is 3.50. The van der Waals surface area contributed by atoms with Gasteiger partial charge in [-0.05, 0) is 36.2 Å². The molecular formula is C16H18NO2. The zero-order valence-corrected chi connectivity index (χ0v) is 11.3. The summed E-state index contributed by atoms with van der Waals surface area (Å²) in [5.41, 5.74) is 3.11. The third kappa shape index (κ3) is 3.41. The fraction of sp³-hybridized carbons (Fsp3) is 0.188. The number of rotatable bonds is 5. The van der Waals surface area contributed by atoms with E-state index in [2.05, 4.69) is 12.2 Å². The highest BCUT2D eigenvalue weighted by Gasteiger charge is 2.02. The molecule has 0 atom stereocenters. The van der Waals surface area contributed by atoms with Crippen LogP contribution in [-0.4, -0.2) is 14.2 Å². The average Bonchev–Trinajstić information content (AvgIpc) is 2.46. The van der Waals surface area contributed by atoms with Gasteiger partial charge < -0.3 is 14.8 Å². The van der Waals surface area contributed by atoms with Crippen molar-refractivity contribution in [2.45, 2.75) is 6.54 Å². The number of benzene rings is 2. The molecule has 0 spiro atoms. The second-order valence-corrected chi connectivity index (χ2v) is 4.23. The van der Waals surface area contributed by atoms with Gasteiger partial charge in [-0.25, -0.2) is 0 Å². The maximum atomic E-state index is 5.25. The Morgan fingerprint density at radius 3 is 2.21 bits per heavy atom. The Kier molecular flexibility index (Phi) is 4.29. The first-order chi connectivity index (χ1) is 9.22. The Hall–Kier alpha value is -2.16. The number of para-hydroxylation sites is 1. The van der Waals surface area contributed by atoms with E-state index in [-0.39, 0.29) is 0 Å². The minimum Gasteiger partial charge on any atom is -0.497 e. The van der Waals surface area contributed by atoms with Gasteiger partial charge in [-0.2, -0.15) is 0 Å². The molecule has 0 fully saturated rings. The van der Waals surface area contributed by atoms with Crippen molar-refractivity contribution in [3.63, 3.8) is 0 Å². The first-order valence-corrected chi connectivity index (χ1v) is 6.09. The molecule has 0 aliphatic carbocycles. The normalized spacial score (nSPS) is 10.1. The average molecular weight is 256 g/mol. The number of anilines is 1. The molecule has 3 nitrogen and oxygen atoms in total. The van der Waals surface area contributed by atoms with Crippen LogP contribution < -0.4 is 14.8 Å². The van der Waals surface area contributed by atoms with Crippen LogP contribution in [-0.2, 0) is 6.54 Å². The monoisotopic (exact) mass is 256 g/mol. The molecule has 2 aromatic rings. The van der Waals surface area contributed by atoms with Gasteiger partial charge in [0.25, 0.3) is 0 Å². The summed E-state index contributed by atoms with van der Waals surface area (Å²) < 4.78 is 10.5. The van der Waals surface area contributed by atoms with Crippen LogP contribution in [0.25, 0.3) is 0 Å². The Morgan fingerprint density at radius 1 is 1.00 bits per heavy atom. The van der Waals surface area contributed by atoms with Gasteiger partial charge in [-0.3, -0.25) is 0 Å². The van der Waals surface area contributed by atoms with E-state index in [1.165, 1.54) is 0 Å². The lowest BCUT2D eigenvalue weighted by atomic mass is 10.1. The molecule has 0 aliphatic heterocycles. The fourth-order valence-corrected chi connectivity index (χ4v) is 1.86. The third-order valence-electron chi connectivity index (χ3n) is 2.91. The van der Waals surface area contributed by atoms with Gasteiger partial charge in [0.1, 0.15) is 11.5 Å². The fourth-order valence-electron chi connectivity index (χ4n) is 1.86. The van der Waals surface area contributed by atoms with E-state index in [9.17, 15) is 0 Å². The van der Waals surface area contributed by atoms with E-state index < -0.39 is 0 Å². The van der Waals surface area contributed by atoms with E-state index >= 15 is 0 Å². The number of ether oxygens (including phenoxy) is 2. The molecule has 0 unspecified atom stereocenters. The Morgan fingerprint density at radius 2 is 1.63 bits per heavy atom. The molecule has 1 N–H and O–H groups in total. The molecule has 3 heteroatoms. The maximum absolute atomic E-state index is 5.25. The van der Waals surface area contributed by atoms with Crippen molar-refractivity contribution in [2.24, 2.45) is 0 Å². The Bertz CT molecular complexity index is 530. The van der Waals surface area contributed by atoms with Crippen LogP contribution >= 0.6 is 0 Å². The van der Waals surface area contributed by atoms with Crippen LogP contribution in [0, 0.1) is 6.92 Å². The molecule has 0 saturated heterocycles. The van der Waals surface area contributed by atoms with Crippen molar-refractivity contribution in [2.75, 3.05) is 19.5 Å². The van der Waals surface area contributed by atoms with Gasteiger partial charge in [0, 0.05) is 18.3 Å². The van der Waals surface area contributed by atoms with Crippen molar-refractivity contribution < 1.29 is 9.47 Å². The Labute approximate surface area is 114 Å². The maximum Gasteiger partial charge on any atom is 0.122 e. The van der Waals surface area contributed by atoms with Gasteiger partial charge in [0.05, 0.1) is 14.2 Å². The van der Waals surface area contributed by atoms with Crippen molar-refractivity contribution in [3.05, 3.63) is 60.5 Å². The molecular weight excluding hydrogens is 238 g/mol. The predicted molar refractivity (Wildman–Crippen MR) is 77.8 cm³/mol. The number of hydrogen-bond donors (Lipinski definition) is 1. The van der Waals surface area contributed by atoms with Gasteiger partial charge in [-0.15, -0.1) is 0 Å². The summed E-state index contributed by atoms with van der Waals surface area (Å²) in [7, 11) is 3.30. The van der Waals surface area contributed by atoms with Crippen molar-refractivity contribution in [1.29, 1.82) is 0 Å². The second kappa shape index (κ2) is 6.14. The lowest BCUT2D eigenvalue weighted by molar-refractivity contribution is 0.393. The second-order valence-electron chi connectivity index (χ2n) is 4.23. The summed E-state index contributed by atoms with van der Waals surface area (Å²) in [4.78, 5) is 0. The molecule has 99 valence electrons. The molecule has 19 heavy (non-hydrogen) atoms. The minimum absolute atomic E-state index is 0.695. The van der Waals surface area contributed by atoms with Crippen LogP contribution in [0.2, 0.25) is 0 Å². The highest BCUT2D eigenvalue weighted by Crippen LogP contribution is 2.23. The van der Waals surface area contributed by atoms with Crippen molar-refractivity contribution in [1.82, 2.24) is 0 Å². The van der Waals surface area contributed by atoms with E-state index in [4.69, 9.17) is 9.47 Å². The highest BCUT2D eigenvalue weighted by molar-refractivity contribution is 5.53. The standard InChI is InChI=1S/C16H18NO2/c1-12-6-4-5-7-16(12)17-11-13-8-14(18-2)10-15(9-13)19-3/h4-10,17H,1,11H2,2-3H3. The summed E-state index contributed by atoms with van der Waals surface area (Å²) >= 11 is 0. The third-order valence-corrected chi connectivity index (χ3v) is 2.91. The lowest BCUT2D eigenvalue weighted by Gasteiger charge is -2.11. The quantitative estimate of drug-likeness (QED) is 0.888. The van der Waals surface area contributed by atoms with Gasteiger partial charge in [0.15, 0.2) is 0 Å². The molecule has 1 radical (unpaired) electrons. The van der Waals surface area contributed by atoms with Gasteiger partial charge in [0.2, 0.25) is 0 Å². The highest BCUT2D eigenvalue weighted by atomic mass is 16.5. The largest absolute Gasteiger partial charge is 0.497 e. The minimum atomic E-state index is 0.695. The van der Waals surface area contributed by atoms with Crippen LogP contribution in [0.3, 0.4) is 0 Å². The molecule has 0 saturated carbocycles. The summed E-state index contributed by atoms with van der Waals surface area (Å²) in [6.45, 7) is 4.68. The number of methoxy groups -OCH3 is 2. The van der Waals surface area contributed by atoms with Crippen molar-refractivity contribution >= 4 is 5.69 Å². The van der Waals surface area contributed by atoms with Crippen LogP contribution in [0.15, 0.2) is 42.5 Å². The Balaban J connectivity index is 2.13. The number of nitrogens with one attached hydrogen (secondary N) is 1. The lowest BCUT2D eigenvalue weighted by Crippen LogP contribution is -2.01. The summed E-state index contributed by atoms with van der Waals surface area (Å²) in [5.74, 6) is 1.58. The van der Waals surface area contributed by atoms with E-state index in [1.54, 1.807) is 14.2 Å². The zero-order valence-electron chi connectivity index (χ0n) is 11.3. The summed E-state index contributed by atoms with van der Waals surface area (Å²) in [6.07, 6.45) is 0. The molecule has 0 aromatic heterocycles. The topological polar surface area (TPSA) is 30.5 Å². The number of hydrogen-bond acceptors (Lipinski definition) is 3. The first-order valence-electron chi connectivity index (χ1n) is 6.09. The van der Waals surface area contributed by atoms with Gasteiger partial charge in [-0.1, -0.05) is 18.2 Å². The van der Waals surface area contributed by atoms with Gasteiger partial charge >= 0.3 is 0 Å². The molecule has 0 aliphatic rings. The first kappa shape index (κ1) is 13.3. The SMILES string of the molecule is [CH2]c1ccccc1NCc1cc(OC)cc(OC)c1. The zero-order chi connectivity index (χ0) is 13.7. The summed E-state index contributed by atoms with van der Waals surface area (Å²) in [5, 5.41) is 3.36. The summed E-state index contributed by atoms with van der Waals surface area (Å²) in [6, 6.07) is 13.8. The molecule has 0 heterocycles. The van der Waals surface area contributed by atoms with Crippen LogP contribution in [0.5, 0.6) is 11.5 Å². The molecule has 0 amide bonds. The molecule has 0 bridgehead atoms. The van der Waals surface area contributed by atoms with E-state index in [0.717, 1.165) is 28.3 Å². The van der Waals surface area contributed by atoms with Crippen molar-refractivity contribution in [3.8, 4) is 11.5 Å². The van der Waals surface area contributed by atoms with E-state index in [0.29, 0.717) is 6.54 Å². The van der Waals surface area contributed by atoms with Crippen LogP contribution in [0.1, 0.15) is 11.1 Å².